The van der Waals surface area contributed by atoms with Crippen molar-refractivity contribution in [3.8, 4) is 11.3 Å². The molecule has 3 amide bonds. The lowest BCUT2D eigenvalue weighted by Crippen LogP contribution is -2.57. The number of H-pyrrole nitrogens is 1. The Kier molecular flexibility index (Phi) is 7.69. The molecular formula is C33H37N5O3. The molecule has 1 aliphatic rings. The van der Waals surface area contributed by atoms with E-state index in [0.717, 1.165) is 33.3 Å². The zero-order chi connectivity index (χ0) is 29.3. The van der Waals surface area contributed by atoms with Crippen LogP contribution in [0.3, 0.4) is 0 Å². The number of amides is 3. The average Bonchev–Trinajstić information content (AvgIpc) is 3.31. The standard InChI is InChI=1S/C33H37N5O3/c1-5-37(31(40)24-14-10-11-21(2)30(24)27-19-23-13-6-8-15-25(23)35-27)38-28-16-9-7-12-22(28)17-18-26(32(38)41)36-29(39)20-33(3,4)34/h6-16,19,26,35H,5,17-18,20,34H2,1-4H3,(H,36,39). The molecule has 1 atom stereocenters. The van der Waals surface area contributed by atoms with E-state index in [4.69, 9.17) is 5.73 Å². The fourth-order valence-electron chi connectivity index (χ4n) is 5.59. The SMILES string of the molecule is CCN(C(=O)c1cccc(C)c1-c1cc2ccccc2[nH]1)N1C(=O)C(NC(=O)CC(C)(C)N)CCc2ccccc21. The summed E-state index contributed by atoms with van der Waals surface area (Å²) in [5, 5.41) is 6.89. The number of aryl methyl sites for hydroxylation is 2. The van der Waals surface area contributed by atoms with Gasteiger partial charge in [-0.05, 0) is 75.9 Å². The second-order valence-corrected chi connectivity index (χ2v) is 11.4. The van der Waals surface area contributed by atoms with Gasteiger partial charge in [0.2, 0.25) is 5.91 Å². The number of anilines is 1. The summed E-state index contributed by atoms with van der Waals surface area (Å²) in [5.74, 6) is -0.952. The molecule has 3 aromatic carbocycles. The van der Waals surface area contributed by atoms with Crippen LogP contribution in [0, 0.1) is 6.92 Å². The highest BCUT2D eigenvalue weighted by Gasteiger charge is 2.37. The number of nitrogens with zero attached hydrogens (tertiary/aromatic N) is 2. The van der Waals surface area contributed by atoms with Gasteiger partial charge in [0, 0.05) is 40.7 Å². The van der Waals surface area contributed by atoms with Gasteiger partial charge in [0.15, 0.2) is 0 Å². The Hall–Kier alpha value is -4.43. The highest BCUT2D eigenvalue weighted by atomic mass is 16.2. The van der Waals surface area contributed by atoms with Crippen molar-refractivity contribution in [3.05, 3.63) is 89.5 Å². The van der Waals surface area contributed by atoms with E-state index in [1.165, 1.54) is 10.0 Å². The smallest absolute Gasteiger partial charge is 0.273 e. The highest BCUT2D eigenvalue weighted by Crippen LogP contribution is 2.33. The van der Waals surface area contributed by atoms with Crippen LogP contribution >= 0.6 is 0 Å². The Balaban J connectivity index is 1.56. The van der Waals surface area contributed by atoms with Gasteiger partial charge in [0.05, 0.1) is 11.3 Å². The Morgan fingerprint density at radius 3 is 2.54 bits per heavy atom. The number of fused-ring (bicyclic) bond motifs is 2. The number of hydrogen-bond acceptors (Lipinski definition) is 4. The molecule has 41 heavy (non-hydrogen) atoms. The first-order valence-corrected chi connectivity index (χ1v) is 14.1. The number of hydrazine groups is 1. The van der Waals surface area contributed by atoms with Gasteiger partial charge in [-0.2, -0.15) is 0 Å². The maximum absolute atomic E-state index is 14.4. The van der Waals surface area contributed by atoms with Crippen molar-refractivity contribution in [3.63, 3.8) is 0 Å². The molecule has 212 valence electrons. The van der Waals surface area contributed by atoms with Crippen LogP contribution in [0.1, 0.15) is 55.1 Å². The molecule has 1 aliphatic heterocycles. The quantitative estimate of drug-likeness (QED) is 0.296. The molecule has 8 heteroatoms. The van der Waals surface area contributed by atoms with Crippen LogP contribution in [0.2, 0.25) is 0 Å². The highest BCUT2D eigenvalue weighted by molar-refractivity contribution is 6.08. The summed E-state index contributed by atoms with van der Waals surface area (Å²) >= 11 is 0. The van der Waals surface area contributed by atoms with Gasteiger partial charge in [-0.1, -0.05) is 48.5 Å². The van der Waals surface area contributed by atoms with Gasteiger partial charge in [0.1, 0.15) is 6.04 Å². The van der Waals surface area contributed by atoms with Gasteiger partial charge >= 0.3 is 0 Å². The molecule has 0 saturated carbocycles. The molecule has 2 heterocycles. The van der Waals surface area contributed by atoms with Crippen LogP contribution in [0.15, 0.2) is 72.8 Å². The number of para-hydroxylation sites is 2. The largest absolute Gasteiger partial charge is 0.354 e. The first-order chi connectivity index (χ1) is 19.6. The van der Waals surface area contributed by atoms with Gasteiger partial charge in [-0.15, -0.1) is 0 Å². The zero-order valence-electron chi connectivity index (χ0n) is 24.0. The minimum Gasteiger partial charge on any atom is -0.354 e. The van der Waals surface area contributed by atoms with Gasteiger partial charge < -0.3 is 16.0 Å². The van der Waals surface area contributed by atoms with Crippen LogP contribution < -0.4 is 16.1 Å². The van der Waals surface area contributed by atoms with Crippen LogP contribution in [0.4, 0.5) is 5.69 Å². The molecule has 5 rings (SSSR count). The number of aromatic nitrogens is 1. The third-order valence-corrected chi connectivity index (χ3v) is 7.46. The van der Waals surface area contributed by atoms with Crippen molar-refractivity contribution in [1.29, 1.82) is 0 Å². The Bertz CT molecular complexity index is 1580. The molecule has 1 unspecified atom stereocenters. The third-order valence-electron chi connectivity index (χ3n) is 7.46. The number of nitrogens with one attached hydrogen (secondary N) is 2. The van der Waals surface area contributed by atoms with Crippen LogP contribution in [-0.4, -0.2) is 45.8 Å². The fraction of sp³-hybridized carbons (Fsp3) is 0.303. The van der Waals surface area contributed by atoms with Gasteiger partial charge in [-0.3, -0.25) is 14.4 Å². The second kappa shape index (κ2) is 11.2. The van der Waals surface area contributed by atoms with Crippen molar-refractivity contribution in [2.75, 3.05) is 11.6 Å². The average molecular weight is 552 g/mol. The Morgan fingerprint density at radius 1 is 1.07 bits per heavy atom. The Labute approximate surface area is 240 Å². The maximum atomic E-state index is 14.4. The number of carbonyl (C=O) groups is 3. The van der Waals surface area contributed by atoms with E-state index >= 15 is 0 Å². The third kappa shape index (κ3) is 5.74. The molecule has 4 aromatic rings. The van der Waals surface area contributed by atoms with Crippen molar-refractivity contribution in [2.45, 2.75) is 58.5 Å². The van der Waals surface area contributed by atoms with Crippen LogP contribution in [0.25, 0.3) is 22.2 Å². The molecule has 0 saturated heterocycles. The lowest BCUT2D eigenvalue weighted by molar-refractivity contribution is -0.129. The molecule has 0 bridgehead atoms. The lowest BCUT2D eigenvalue weighted by atomic mass is 9.98. The first-order valence-electron chi connectivity index (χ1n) is 14.1. The maximum Gasteiger partial charge on any atom is 0.273 e. The molecule has 8 nitrogen and oxygen atoms in total. The lowest BCUT2D eigenvalue weighted by Gasteiger charge is -2.36. The zero-order valence-corrected chi connectivity index (χ0v) is 24.0. The fourth-order valence-corrected chi connectivity index (χ4v) is 5.59. The van der Waals surface area contributed by atoms with Crippen LogP contribution in [0.5, 0.6) is 0 Å². The van der Waals surface area contributed by atoms with E-state index in [1.807, 2.05) is 80.6 Å². The minimum absolute atomic E-state index is 0.0807. The predicted molar refractivity (Wildman–Crippen MR) is 162 cm³/mol. The summed E-state index contributed by atoms with van der Waals surface area (Å²) in [7, 11) is 0. The van der Waals surface area contributed by atoms with Crippen molar-refractivity contribution in [2.24, 2.45) is 5.73 Å². The number of aromatic amines is 1. The van der Waals surface area contributed by atoms with E-state index in [2.05, 4.69) is 10.3 Å². The molecular weight excluding hydrogens is 514 g/mol. The molecule has 4 N–H and O–H groups in total. The number of carbonyl (C=O) groups excluding carboxylic acids is 3. The molecule has 1 aromatic heterocycles. The van der Waals surface area contributed by atoms with E-state index in [0.29, 0.717) is 24.1 Å². The normalized spacial score (nSPS) is 15.4. The molecule has 0 radical (unpaired) electrons. The Morgan fingerprint density at radius 2 is 1.80 bits per heavy atom. The number of nitrogens with two attached hydrogens (primary N) is 1. The summed E-state index contributed by atoms with van der Waals surface area (Å²) in [4.78, 5) is 44.9. The van der Waals surface area contributed by atoms with Crippen molar-refractivity contribution >= 4 is 34.3 Å². The summed E-state index contributed by atoms with van der Waals surface area (Å²) in [6.45, 7) is 7.61. The molecule has 0 fully saturated rings. The number of benzene rings is 3. The topological polar surface area (TPSA) is 112 Å². The summed E-state index contributed by atoms with van der Waals surface area (Å²) in [6, 6.07) is 22.5. The van der Waals surface area contributed by atoms with E-state index in [-0.39, 0.29) is 30.7 Å². The minimum atomic E-state index is -0.801. The second-order valence-electron chi connectivity index (χ2n) is 11.4. The van der Waals surface area contributed by atoms with Crippen molar-refractivity contribution < 1.29 is 14.4 Å². The summed E-state index contributed by atoms with van der Waals surface area (Å²) in [6.07, 6.45) is 1.07. The van der Waals surface area contributed by atoms with E-state index in [9.17, 15) is 14.4 Å². The number of rotatable bonds is 7. The summed E-state index contributed by atoms with van der Waals surface area (Å²) < 4.78 is 0. The first kappa shape index (κ1) is 28.1. The molecule has 0 spiro atoms. The predicted octanol–water partition coefficient (Wildman–Crippen LogP) is 5.11. The van der Waals surface area contributed by atoms with Gasteiger partial charge in [-0.25, -0.2) is 10.0 Å². The van der Waals surface area contributed by atoms with Gasteiger partial charge in [0.25, 0.3) is 11.8 Å². The van der Waals surface area contributed by atoms with E-state index < -0.39 is 11.6 Å². The number of hydrogen-bond donors (Lipinski definition) is 3. The van der Waals surface area contributed by atoms with Crippen LogP contribution in [-0.2, 0) is 16.0 Å². The van der Waals surface area contributed by atoms with Crippen molar-refractivity contribution in [1.82, 2.24) is 15.3 Å². The summed E-state index contributed by atoms with van der Waals surface area (Å²) in [5.41, 5.74) is 11.0. The monoisotopic (exact) mass is 551 g/mol. The molecule has 0 aliphatic carbocycles. The van der Waals surface area contributed by atoms with E-state index in [1.54, 1.807) is 19.9 Å².